The summed E-state index contributed by atoms with van der Waals surface area (Å²) in [6, 6.07) is 7.00. The summed E-state index contributed by atoms with van der Waals surface area (Å²) in [6.07, 6.45) is -0.332. The Bertz CT molecular complexity index is 540. The fraction of sp³-hybridized carbons (Fsp3) is 0.455. The first-order valence-electron chi connectivity index (χ1n) is 5.26. The molecule has 1 aromatic carbocycles. The van der Waals surface area contributed by atoms with Crippen LogP contribution in [-0.2, 0) is 14.7 Å². The van der Waals surface area contributed by atoms with Crippen LogP contribution >= 0.6 is 0 Å². The minimum atomic E-state index is -3.23. The van der Waals surface area contributed by atoms with Gasteiger partial charge in [-0.3, -0.25) is 4.84 Å². The lowest BCUT2D eigenvalue weighted by molar-refractivity contribution is -0.142. The SMILES string of the molecule is CC1C2C(ON1C)c1ccccc1S2(=O)=O. The second-order valence-electron chi connectivity index (χ2n) is 4.36. The van der Waals surface area contributed by atoms with Crippen molar-refractivity contribution in [2.45, 2.75) is 29.2 Å². The number of hydrogen-bond acceptors (Lipinski definition) is 4. The first kappa shape index (κ1) is 10.3. The van der Waals surface area contributed by atoms with E-state index < -0.39 is 15.1 Å². The molecule has 2 aliphatic heterocycles. The summed E-state index contributed by atoms with van der Waals surface area (Å²) in [5.41, 5.74) is 0.795. The molecule has 2 aliphatic rings. The van der Waals surface area contributed by atoms with Crippen molar-refractivity contribution in [2.75, 3.05) is 7.05 Å². The third-order valence-electron chi connectivity index (χ3n) is 3.52. The van der Waals surface area contributed by atoms with Crippen LogP contribution in [0.2, 0.25) is 0 Å². The third-order valence-corrected chi connectivity index (χ3v) is 5.86. The molecule has 3 rings (SSSR count). The van der Waals surface area contributed by atoms with Crippen LogP contribution < -0.4 is 0 Å². The van der Waals surface area contributed by atoms with Crippen LogP contribution in [0.15, 0.2) is 29.2 Å². The average molecular weight is 239 g/mol. The minimum absolute atomic E-state index is 0.109. The summed E-state index contributed by atoms with van der Waals surface area (Å²) >= 11 is 0. The Hall–Kier alpha value is -0.910. The van der Waals surface area contributed by atoms with Gasteiger partial charge in [0, 0.05) is 12.6 Å². The highest BCUT2D eigenvalue weighted by atomic mass is 32.2. The van der Waals surface area contributed by atoms with Crippen molar-refractivity contribution < 1.29 is 13.3 Å². The molecule has 5 heteroatoms. The second-order valence-corrected chi connectivity index (χ2v) is 6.43. The highest BCUT2D eigenvalue weighted by Crippen LogP contribution is 2.47. The highest BCUT2D eigenvalue weighted by molar-refractivity contribution is 7.92. The van der Waals surface area contributed by atoms with Gasteiger partial charge in [0.2, 0.25) is 0 Å². The van der Waals surface area contributed by atoms with Gasteiger partial charge in [-0.25, -0.2) is 8.42 Å². The van der Waals surface area contributed by atoms with Gasteiger partial charge in [-0.2, -0.15) is 5.06 Å². The van der Waals surface area contributed by atoms with Gasteiger partial charge in [0.25, 0.3) is 0 Å². The molecule has 3 unspecified atom stereocenters. The van der Waals surface area contributed by atoms with Gasteiger partial charge < -0.3 is 0 Å². The van der Waals surface area contributed by atoms with Crippen molar-refractivity contribution in [3.63, 3.8) is 0 Å². The lowest BCUT2D eigenvalue weighted by Gasteiger charge is -2.16. The van der Waals surface area contributed by atoms with Crippen LogP contribution in [0.3, 0.4) is 0 Å². The molecule has 1 fully saturated rings. The predicted molar refractivity (Wildman–Crippen MR) is 58.5 cm³/mol. The van der Waals surface area contributed by atoms with E-state index in [0.717, 1.165) is 5.56 Å². The van der Waals surface area contributed by atoms with E-state index in [0.29, 0.717) is 4.90 Å². The first-order valence-corrected chi connectivity index (χ1v) is 6.80. The zero-order valence-electron chi connectivity index (χ0n) is 9.12. The molecule has 3 atom stereocenters. The molecule has 0 aliphatic carbocycles. The van der Waals surface area contributed by atoms with Crippen molar-refractivity contribution in [2.24, 2.45) is 0 Å². The van der Waals surface area contributed by atoms with Crippen molar-refractivity contribution in [1.82, 2.24) is 5.06 Å². The van der Waals surface area contributed by atoms with Crippen LogP contribution in [0.5, 0.6) is 0 Å². The molecule has 0 spiro atoms. The summed E-state index contributed by atoms with van der Waals surface area (Å²) < 4.78 is 24.6. The van der Waals surface area contributed by atoms with Crippen LogP contribution in [0.4, 0.5) is 0 Å². The largest absolute Gasteiger partial charge is 0.289 e. The molecular formula is C11H13NO3S. The van der Waals surface area contributed by atoms with Gasteiger partial charge in [-0.1, -0.05) is 18.2 Å². The molecule has 1 aromatic rings. The van der Waals surface area contributed by atoms with Crippen molar-refractivity contribution in [3.8, 4) is 0 Å². The molecule has 0 saturated carbocycles. The van der Waals surface area contributed by atoms with Gasteiger partial charge in [-0.05, 0) is 13.0 Å². The quantitative estimate of drug-likeness (QED) is 0.681. The molecule has 0 aromatic heterocycles. The summed E-state index contributed by atoms with van der Waals surface area (Å²) in [7, 11) is -1.45. The maximum Gasteiger partial charge on any atom is 0.186 e. The van der Waals surface area contributed by atoms with E-state index in [-0.39, 0.29) is 12.1 Å². The van der Waals surface area contributed by atoms with E-state index in [2.05, 4.69) is 0 Å². The zero-order chi connectivity index (χ0) is 11.5. The van der Waals surface area contributed by atoms with Crippen LogP contribution in [0, 0.1) is 0 Å². The normalized spacial score (nSPS) is 36.0. The highest BCUT2D eigenvalue weighted by Gasteiger charge is 2.54. The third kappa shape index (κ3) is 1.08. The Kier molecular flexibility index (Phi) is 1.96. The summed E-state index contributed by atoms with van der Waals surface area (Å²) in [5.74, 6) is 0. The van der Waals surface area contributed by atoms with E-state index >= 15 is 0 Å². The van der Waals surface area contributed by atoms with Gasteiger partial charge in [0.05, 0.1) is 10.9 Å². The monoisotopic (exact) mass is 239 g/mol. The molecule has 0 amide bonds. The predicted octanol–water partition coefficient (Wildman–Crippen LogP) is 1.15. The van der Waals surface area contributed by atoms with Gasteiger partial charge in [0.15, 0.2) is 9.84 Å². The van der Waals surface area contributed by atoms with Crippen molar-refractivity contribution >= 4 is 9.84 Å². The maximum absolute atomic E-state index is 12.3. The number of sulfone groups is 1. The van der Waals surface area contributed by atoms with E-state index in [1.54, 1.807) is 24.2 Å². The number of hydrogen-bond donors (Lipinski definition) is 0. The molecule has 0 bridgehead atoms. The Morgan fingerprint density at radius 1 is 1.31 bits per heavy atom. The Labute approximate surface area is 94.7 Å². The maximum atomic E-state index is 12.3. The standard InChI is InChI=1S/C11H13NO3S/c1-7-11-10(15-12(7)2)8-5-3-4-6-9(8)16(11,13)14/h3-7,10-11H,1-2H3. The van der Waals surface area contributed by atoms with Crippen molar-refractivity contribution in [3.05, 3.63) is 29.8 Å². The number of fused-ring (bicyclic) bond motifs is 3. The Morgan fingerprint density at radius 3 is 2.75 bits per heavy atom. The van der Waals surface area contributed by atoms with Crippen LogP contribution in [-0.4, -0.2) is 31.8 Å². The molecule has 16 heavy (non-hydrogen) atoms. The lowest BCUT2D eigenvalue weighted by atomic mass is 10.0. The van der Waals surface area contributed by atoms with E-state index in [4.69, 9.17) is 4.84 Å². The lowest BCUT2D eigenvalue weighted by Crippen LogP contribution is -2.33. The van der Waals surface area contributed by atoms with E-state index in [9.17, 15) is 8.42 Å². The fourth-order valence-corrected chi connectivity index (χ4v) is 4.86. The van der Waals surface area contributed by atoms with Gasteiger partial charge in [-0.15, -0.1) is 0 Å². The fourth-order valence-electron chi connectivity index (χ4n) is 2.57. The van der Waals surface area contributed by atoms with E-state index in [1.807, 2.05) is 19.1 Å². The zero-order valence-corrected chi connectivity index (χ0v) is 9.94. The van der Waals surface area contributed by atoms with Gasteiger partial charge >= 0.3 is 0 Å². The molecule has 1 saturated heterocycles. The van der Waals surface area contributed by atoms with Crippen molar-refractivity contribution in [1.29, 1.82) is 0 Å². The average Bonchev–Trinajstić information content (AvgIpc) is 2.66. The Morgan fingerprint density at radius 2 is 2.00 bits per heavy atom. The number of rotatable bonds is 0. The molecule has 2 heterocycles. The summed E-state index contributed by atoms with van der Waals surface area (Å²) in [5, 5.41) is 1.18. The molecule has 4 nitrogen and oxygen atoms in total. The number of hydroxylamine groups is 2. The van der Waals surface area contributed by atoms with Crippen LogP contribution in [0.1, 0.15) is 18.6 Å². The minimum Gasteiger partial charge on any atom is -0.289 e. The summed E-state index contributed by atoms with van der Waals surface area (Å²) in [6.45, 7) is 1.88. The second kappa shape index (κ2) is 3.06. The number of benzene rings is 1. The first-order chi connectivity index (χ1) is 7.53. The molecular weight excluding hydrogens is 226 g/mol. The Balaban J connectivity index is 2.24. The summed E-state index contributed by atoms with van der Waals surface area (Å²) in [4.78, 5) is 6.05. The smallest absolute Gasteiger partial charge is 0.186 e. The van der Waals surface area contributed by atoms with Crippen LogP contribution in [0.25, 0.3) is 0 Å². The number of nitrogens with zero attached hydrogens (tertiary/aromatic N) is 1. The van der Waals surface area contributed by atoms with E-state index in [1.165, 1.54) is 0 Å². The molecule has 86 valence electrons. The molecule has 0 N–H and O–H groups in total. The topological polar surface area (TPSA) is 46.6 Å². The van der Waals surface area contributed by atoms with Gasteiger partial charge in [0.1, 0.15) is 11.4 Å². The molecule has 0 radical (unpaired) electrons.